The topological polar surface area (TPSA) is 39.5 Å². The van der Waals surface area contributed by atoms with E-state index < -0.39 is 0 Å². The van der Waals surface area contributed by atoms with E-state index in [2.05, 4.69) is 52.5 Å². The van der Waals surface area contributed by atoms with Gasteiger partial charge in [-0.2, -0.15) is 5.26 Å². The van der Waals surface area contributed by atoms with Gasteiger partial charge in [-0.05, 0) is 49.1 Å². The summed E-state index contributed by atoms with van der Waals surface area (Å²) < 4.78 is 5.36. The summed E-state index contributed by atoms with van der Waals surface area (Å²) in [6.07, 6.45) is 3.37. The number of nitrogens with zero attached hydrogens (tertiary/aromatic N) is 3. The van der Waals surface area contributed by atoms with Crippen LogP contribution in [0.1, 0.15) is 24.0 Å². The molecule has 3 aromatic carbocycles. The van der Waals surface area contributed by atoms with Crippen LogP contribution < -0.4 is 9.75 Å². The largest absolute Gasteiger partial charge is 0.497 e. The number of fused-ring (bicyclic) bond motifs is 1. The number of methoxy groups -OCH3 is 1. The van der Waals surface area contributed by atoms with Gasteiger partial charge in [0.05, 0.1) is 24.4 Å². The summed E-state index contributed by atoms with van der Waals surface area (Å²) in [5.41, 5.74) is 3.22. The van der Waals surface area contributed by atoms with Crippen LogP contribution in [0.2, 0.25) is 0 Å². The maximum atomic E-state index is 9.46. The van der Waals surface area contributed by atoms with Gasteiger partial charge in [0, 0.05) is 30.4 Å². The van der Waals surface area contributed by atoms with Gasteiger partial charge in [-0.3, -0.25) is 0 Å². The third kappa shape index (κ3) is 3.67. The van der Waals surface area contributed by atoms with Crippen molar-refractivity contribution in [1.29, 1.82) is 5.26 Å². The Morgan fingerprint density at radius 3 is 2.61 bits per heavy atom. The fourth-order valence-electron chi connectivity index (χ4n) is 4.02. The molecule has 1 aliphatic heterocycles. The van der Waals surface area contributed by atoms with Crippen LogP contribution in [-0.2, 0) is 6.42 Å². The monoisotopic (exact) mass is 371 g/mol. The van der Waals surface area contributed by atoms with Crippen LogP contribution in [0.3, 0.4) is 0 Å². The van der Waals surface area contributed by atoms with Crippen molar-refractivity contribution in [2.45, 2.75) is 19.3 Å². The standard InChI is InChI=1S/C24H25N3O/c1-28-21-8-6-7-19(17-21)13-16-26-14-4-5-15-27(26)24-12-11-20(18-25)22-9-2-3-10-23(22)24/h2-3,6-12,17H,4-5,13-16H2,1H3. The molecule has 0 aromatic heterocycles. The second-order valence-corrected chi connectivity index (χ2v) is 7.18. The molecular weight excluding hydrogens is 346 g/mol. The van der Waals surface area contributed by atoms with E-state index in [1.807, 2.05) is 24.3 Å². The van der Waals surface area contributed by atoms with Gasteiger partial charge in [0.1, 0.15) is 5.75 Å². The molecule has 1 aliphatic rings. The molecule has 0 radical (unpaired) electrons. The van der Waals surface area contributed by atoms with Gasteiger partial charge in [-0.25, -0.2) is 5.01 Å². The summed E-state index contributed by atoms with van der Waals surface area (Å²) in [4.78, 5) is 0. The minimum absolute atomic E-state index is 0.735. The summed E-state index contributed by atoms with van der Waals surface area (Å²) in [6, 6.07) is 22.9. The lowest BCUT2D eigenvalue weighted by molar-refractivity contribution is 0.215. The van der Waals surface area contributed by atoms with E-state index in [1.165, 1.54) is 24.1 Å². The number of hydrazine groups is 1. The van der Waals surface area contributed by atoms with Crippen molar-refractivity contribution in [1.82, 2.24) is 5.01 Å². The Hall–Kier alpha value is -3.03. The van der Waals surface area contributed by atoms with Crippen LogP contribution in [0.25, 0.3) is 10.8 Å². The van der Waals surface area contributed by atoms with Crippen molar-refractivity contribution in [2.75, 3.05) is 31.8 Å². The van der Waals surface area contributed by atoms with Gasteiger partial charge >= 0.3 is 0 Å². The second kappa shape index (κ2) is 8.33. The molecule has 28 heavy (non-hydrogen) atoms. The van der Waals surface area contributed by atoms with Crippen molar-refractivity contribution < 1.29 is 4.74 Å². The Kier molecular flexibility index (Phi) is 5.45. The Labute approximate surface area is 166 Å². The van der Waals surface area contributed by atoms with E-state index >= 15 is 0 Å². The molecule has 142 valence electrons. The molecule has 4 nitrogen and oxygen atoms in total. The predicted octanol–water partition coefficient (Wildman–Crippen LogP) is 4.78. The number of rotatable bonds is 5. The molecule has 1 saturated heterocycles. The quantitative estimate of drug-likeness (QED) is 0.647. The van der Waals surface area contributed by atoms with E-state index in [4.69, 9.17) is 4.74 Å². The molecule has 0 aliphatic carbocycles. The summed E-state index contributed by atoms with van der Waals surface area (Å²) in [5.74, 6) is 0.908. The molecule has 3 aromatic rings. The normalized spacial score (nSPS) is 14.8. The minimum atomic E-state index is 0.735. The zero-order chi connectivity index (χ0) is 19.3. The zero-order valence-electron chi connectivity index (χ0n) is 16.3. The van der Waals surface area contributed by atoms with Crippen LogP contribution in [0.15, 0.2) is 60.7 Å². The van der Waals surface area contributed by atoms with Gasteiger partial charge in [-0.1, -0.05) is 36.4 Å². The van der Waals surface area contributed by atoms with Crippen molar-refractivity contribution >= 4 is 16.5 Å². The average molecular weight is 371 g/mol. The minimum Gasteiger partial charge on any atom is -0.497 e. The number of ether oxygens (including phenoxy) is 1. The smallest absolute Gasteiger partial charge is 0.119 e. The Balaban J connectivity index is 1.61. The van der Waals surface area contributed by atoms with Crippen LogP contribution in [0, 0.1) is 11.3 Å². The number of anilines is 1. The van der Waals surface area contributed by atoms with Gasteiger partial charge in [0.15, 0.2) is 0 Å². The highest BCUT2D eigenvalue weighted by Crippen LogP contribution is 2.32. The van der Waals surface area contributed by atoms with Crippen LogP contribution in [0.5, 0.6) is 5.75 Å². The van der Waals surface area contributed by atoms with E-state index in [1.54, 1.807) is 7.11 Å². The third-order valence-corrected chi connectivity index (χ3v) is 5.47. The van der Waals surface area contributed by atoms with E-state index in [-0.39, 0.29) is 0 Å². The maximum absolute atomic E-state index is 9.46. The molecular formula is C24H25N3O. The molecule has 4 rings (SSSR count). The van der Waals surface area contributed by atoms with Crippen LogP contribution in [0.4, 0.5) is 5.69 Å². The highest BCUT2D eigenvalue weighted by molar-refractivity contribution is 5.97. The summed E-state index contributed by atoms with van der Waals surface area (Å²) >= 11 is 0. The lowest BCUT2D eigenvalue weighted by atomic mass is 10.0. The van der Waals surface area contributed by atoms with Crippen LogP contribution >= 0.6 is 0 Å². The Bertz CT molecular complexity index is 1010. The second-order valence-electron chi connectivity index (χ2n) is 7.18. The number of nitriles is 1. The Morgan fingerprint density at radius 2 is 1.79 bits per heavy atom. The zero-order valence-corrected chi connectivity index (χ0v) is 16.3. The van der Waals surface area contributed by atoms with Crippen molar-refractivity contribution in [3.05, 3.63) is 71.8 Å². The van der Waals surface area contributed by atoms with Gasteiger partial charge in [0.25, 0.3) is 0 Å². The molecule has 1 fully saturated rings. The average Bonchev–Trinajstić information content (AvgIpc) is 2.77. The van der Waals surface area contributed by atoms with Gasteiger partial charge in [0.2, 0.25) is 0 Å². The van der Waals surface area contributed by atoms with Gasteiger partial charge in [-0.15, -0.1) is 0 Å². The molecule has 0 bridgehead atoms. The third-order valence-electron chi connectivity index (χ3n) is 5.47. The lowest BCUT2D eigenvalue weighted by Crippen LogP contribution is -2.48. The fourth-order valence-corrected chi connectivity index (χ4v) is 4.02. The van der Waals surface area contributed by atoms with E-state index in [0.717, 1.165) is 48.1 Å². The Morgan fingerprint density at radius 1 is 0.964 bits per heavy atom. The number of benzene rings is 3. The summed E-state index contributed by atoms with van der Waals surface area (Å²) in [6.45, 7) is 3.02. The number of hydrogen-bond donors (Lipinski definition) is 0. The fraction of sp³-hybridized carbons (Fsp3) is 0.292. The SMILES string of the molecule is COc1cccc(CCN2CCCCN2c2ccc(C#N)c3ccccc23)c1. The van der Waals surface area contributed by atoms with E-state index in [0.29, 0.717) is 0 Å². The maximum Gasteiger partial charge on any atom is 0.119 e. The first-order chi connectivity index (χ1) is 13.8. The molecule has 4 heteroatoms. The first kappa shape index (κ1) is 18.3. The van der Waals surface area contributed by atoms with E-state index in [9.17, 15) is 5.26 Å². The molecule has 0 N–H and O–H groups in total. The molecule has 1 heterocycles. The molecule has 0 saturated carbocycles. The molecule has 0 unspecified atom stereocenters. The molecule has 0 amide bonds. The number of hydrogen-bond acceptors (Lipinski definition) is 4. The van der Waals surface area contributed by atoms with Crippen LogP contribution in [-0.4, -0.2) is 31.8 Å². The molecule has 0 atom stereocenters. The lowest BCUT2D eigenvalue weighted by Gasteiger charge is -2.41. The molecule has 0 spiro atoms. The first-order valence-electron chi connectivity index (χ1n) is 9.87. The highest BCUT2D eigenvalue weighted by Gasteiger charge is 2.22. The predicted molar refractivity (Wildman–Crippen MR) is 114 cm³/mol. The first-order valence-corrected chi connectivity index (χ1v) is 9.87. The highest BCUT2D eigenvalue weighted by atomic mass is 16.5. The van der Waals surface area contributed by atoms with Crippen molar-refractivity contribution in [3.63, 3.8) is 0 Å². The summed E-state index contributed by atoms with van der Waals surface area (Å²) in [5, 5.41) is 16.5. The van der Waals surface area contributed by atoms with Gasteiger partial charge < -0.3 is 9.75 Å². The van der Waals surface area contributed by atoms with Crippen molar-refractivity contribution in [2.24, 2.45) is 0 Å². The summed E-state index contributed by atoms with van der Waals surface area (Å²) in [7, 11) is 1.71. The van der Waals surface area contributed by atoms with Crippen molar-refractivity contribution in [3.8, 4) is 11.8 Å².